The lowest BCUT2D eigenvalue weighted by Gasteiger charge is -2.34. The van der Waals surface area contributed by atoms with Crippen LogP contribution >= 0.6 is 0 Å². The molecular formula is C72H60N2. The van der Waals surface area contributed by atoms with Crippen LogP contribution in [0, 0.1) is 13.8 Å². The number of aryl methyl sites for hydroxylation is 2. The number of nitrogens with zero attached hydrogens (tertiary/aromatic N) is 2. The van der Waals surface area contributed by atoms with Gasteiger partial charge < -0.3 is 9.80 Å². The van der Waals surface area contributed by atoms with Crippen LogP contribution in [0.1, 0.15) is 61.8 Å². The van der Waals surface area contributed by atoms with Crippen molar-refractivity contribution in [3.8, 4) is 44.5 Å². The lowest BCUT2D eigenvalue weighted by atomic mass is 9.83. The van der Waals surface area contributed by atoms with Crippen LogP contribution in [0.15, 0.2) is 243 Å². The van der Waals surface area contributed by atoms with Crippen LogP contribution in [0.25, 0.3) is 76.8 Å². The summed E-state index contributed by atoms with van der Waals surface area (Å²) in [6.45, 7) is 14.0. The van der Waals surface area contributed by atoms with Crippen molar-refractivity contribution in [3.63, 3.8) is 0 Å². The van der Waals surface area contributed by atoms with Gasteiger partial charge in [0, 0.05) is 33.3 Å². The lowest BCUT2D eigenvalue weighted by molar-refractivity contribution is 0.875. The molecule has 2 nitrogen and oxygen atoms in total. The molecule has 0 atom stereocenters. The van der Waals surface area contributed by atoms with Crippen LogP contribution in [0.5, 0.6) is 0 Å². The Labute approximate surface area is 436 Å². The maximum absolute atomic E-state index is 2.58. The average Bonchev–Trinajstić information content (AvgIpc) is 3.46. The molecule has 0 heterocycles. The van der Waals surface area contributed by atoms with Gasteiger partial charge in [0.05, 0.1) is 22.7 Å². The van der Waals surface area contributed by atoms with Crippen LogP contribution in [0.4, 0.5) is 34.1 Å². The molecule has 0 aliphatic rings. The summed E-state index contributed by atoms with van der Waals surface area (Å²) in [5.74, 6) is 0.478. The normalized spacial score (nSPS) is 11.6. The summed E-state index contributed by atoms with van der Waals surface area (Å²) in [6.07, 6.45) is 0. The van der Waals surface area contributed by atoms with Crippen LogP contribution < -0.4 is 9.80 Å². The summed E-state index contributed by atoms with van der Waals surface area (Å²) >= 11 is 0. The van der Waals surface area contributed by atoms with Crippen LogP contribution in [0.3, 0.4) is 0 Å². The number of benzene rings is 12. The minimum absolute atomic E-state index is 0.239. The van der Waals surface area contributed by atoms with Gasteiger partial charge in [0.15, 0.2) is 0 Å². The predicted octanol–water partition coefficient (Wildman–Crippen LogP) is 21.1. The summed E-state index contributed by atoms with van der Waals surface area (Å²) in [5, 5.41) is 7.65. The van der Waals surface area contributed by atoms with E-state index in [1.165, 1.54) is 110 Å². The molecule has 358 valence electrons. The molecule has 0 N–H and O–H groups in total. The van der Waals surface area contributed by atoms with E-state index in [2.05, 4.69) is 294 Å². The minimum Gasteiger partial charge on any atom is -0.309 e. The fourth-order valence-corrected chi connectivity index (χ4v) is 11.5. The van der Waals surface area contributed by atoms with E-state index >= 15 is 0 Å². The molecule has 0 bridgehead atoms. The van der Waals surface area contributed by atoms with Gasteiger partial charge in [-0.15, -0.1) is 0 Å². The van der Waals surface area contributed by atoms with E-state index in [1.54, 1.807) is 0 Å². The van der Waals surface area contributed by atoms with Crippen molar-refractivity contribution in [3.05, 3.63) is 265 Å². The molecule has 0 amide bonds. The van der Waals surface area contributed by atoms with Gasteiger partial charge in [0.25, 0.3) is 0 Å². The molecule has 12 rings (SSSR count). The van der Waals surface area contributed by atoms with Gasteiger partial charge in [0.2, 0.25) is 0 Å². The molecule has 0 aromatic heterocycles. The van der Waals surface area contributed by atoms with Crippen molar-refractivity contribution >= 4 is 66.4 Å². The first-order chi connectivity index (χ1) is 36.2. The molecule has 0 fully saturated rings. The summed E-state index contributed by atoms with van der Waals surface area (Å²) in [5.41, 5.74) is 21.5. The van der Waals surface area contributed by atoms with Crippen LogP contribution in [-0.4, -0.2) is 0 Å². The second-order valence-corrected chi connectivity index (χ2v) is 20.5. The molecule has 0 radical (unpaired) electrons. The Morgan fingerprint density at radius 3 is 0.946 bits per heavy atom. The molecule has 12 aromatic carbocycles. The zero-order valence-corrected chi connectivity index (χ0v) is 43.1. The summed E-state index contributed by atoms with van der Waals surface area (Å²) in [7, 11) is 0. The molecular weight excluding hydrogens is 893 g/mol. The fraction of sp³-hybridized carbons (Fsp3) is 0.111. The third-order valence-electron chi connectivity index (χ3n) is 15.2. The predicted molar refractivity (Wildman–Crippen MR) is 319 cm³/mol. The highest BCUT2D eigenvalue weighted by molar-refractivity contribution is 6.29. The Balaban J connectivity index is 1.21. The van der Waals surface area contributed by atoms with E-state index in [0.717, 1.165) is 22.7 Å². The smallest absolute Gasteiger partial charge is 0.0543 e. The standard InChI is InChI=1S/C72H60N2/c1-47(2)63-45-69(73(65-33-21-19-31-57(65)53-27-15-9-16-28-53)67-43-55(37-35-49(67)5)51-23-11-7-12-24-51)61-42-40-60-64(48(3)4)46-70(62-41-39-59(63)71(61)72(60)62)74(66-34-22-20-32-58(66)54-29-17-10-18-30-54)68-44-56(38-36-50(68)6)52-25-13-8-14-26-52/h7-48H,1-6H3. The number of hydrogen-bond acceptors (Lipinski definition) is 2. The zero-order valence-electron chi connectivity index (χ0n) is 43.1. The molecule has 0 saturated heterocycles. The van der Waals surface area contributed by atoms with E-state index in [0.29, 0.717) is 0 Å². The quantitative estimate of drug-likeness (QED) is 0.113. The SMILES string of the molecule is Cc1ccc(-c2ccccc2)cc1N(c1ccccc1-c1ccccc1)c1cc(C(C)C)c2ccc3c(N(c4cc(-c5ccccc5)ccc4C)c4ccccc4-c4ccccc4)cc(C(C)C)c4ccc1c2c43. The molecule has 74 heavy (non-hydrogen) atoms. The second-order valence-electron chi connectivity index (χ2n) is 20.5. The third-order valence-corrected chi connectivity index (χ3v) is 15.2. The van der Waals surface area contributed by atoms with Crippen molar-refractivity contribution in [2.75, 3.05) is 9.80 Å². The largest absolute Gasteiger partial charge is 0.309 e. The zero-order chi connectivity index (χ0) is 50.5. The first-order valence-electron chi connectivity index (χ1n) is 26.2. The highest BCUT2D eigenvalue weighted by atomic mass is 15.2. The summed E-state index contributed by atoms with van der Waals surface area (Å²) < 4.78 is 0. The maximum Gasteiger partial charge on any atom is 0.0543 e. The van der Waals surface area contributed by atoms with Crippen LogP contribution in [0.2, 0.25) is 0 Å². The maximum atomic E-state index is 2.58. The van der Waals surface area contributed by atoms with Gasteiger partial charge in [0.1, 0.15) is 0 Å². The monoisotopic (exact) mass is 952 g/mol. The third kappa shape index (κ3) is 8.17. The van der Waals surface area contributed by atoms with Crippen LogP contribution in [-0.2, 0) is 0 Å². The fourth-order valence-electron chi connectivity index (χ4n) is 11.5. The van der Waals surface area contributed by atoms with E-state index in [4.69, 9.17) is 0 Å². The van der Waals surface area contributed by atoms with Crippen molar-refractivity contribution in [1.29, 1.82) is 0 Å². The first kappa shape index (κ1) is 46.4. The summed E-state index contributed by atoms with van der Waals surface area (Å²) in [6, 6.07) is 90.0. The molecule has 0 aliphatic carbocycles. The number of anilines is 6. The van der Waals surface area contributed by atoms with E-state index in [-0.39, 0.29) is 11.8 Å². The Morgan fingerprint density at radius 2 is 0.581 bits per heavy atom. The van der Waals surface area contributed by atoms with Gasteiger partial charge in [-0.1, -0.05) is 234 Å². The minimum atomic E-state index is 0.239. The Kier molecular flexibility index (Phi) is 12.1. The Morgan fingerprint density at radius 1 is 0.257 bits per heavy atom. The van der Waals surface area contributed by atoms with E-state index in [9.17, 15) is 0 Å². The van der Waals surface area contributed by atoms with Crippen molar-refractivity contribution in [2.45, 2.75) is 53.4 Å². The Bertz CT molecular complexity index is 3710. The average molecular weight is 953 g/mol. The topological polar surface area (TPSA) is 6.48 Å². The number of hydrogen-bond donors (Lipinski definition) is 0. The summed E-state index contributed by atoms with van der Waals surface area (Å²) in [4.78, 5) is 5.15. The lowest BCUT2D eigenvalue weighted by Crippen LogP contribution is -2.15. The molecule has 0 spiro atoms. The van der Waals surface area contributed by atoms with E-state index < -0.39 is 0 Å². The number of rotatable bonds is 12. The van der Waals surface area contributed by atoms with Crippen molar-refractivity contribution in [1.82, 2.24) is 0 Å². The first-order valence-corrected chi connectivity index (χ1v) is 26.2. The van der Waals surface area contributed by atoms with Crippen molar-refractivity contribution < 1.29 is 0 Å². The molecule has 0 saturated carbocycles. The highest BCUT2D eigenvalue weighted by Crippen LogP contribution is 2.54. The number of para-hydroxylation sites is 2. The van der Waals surface area contributed by atoms with Gasteiger partial charge >= 0.3 is 0 Å². The highest BCUT2D eigenvalue weighted by Gasteiger charge is 2.29. The van der Waals surface area contributed by atoms with Gasteiger partial charge in [-0.25, -0.2) is 0 Å². The van der Waals surface area contributed by atoms with Gasteiger partial charge in [-0.05, 0) is 139 Å². The molecule has 12 aromatic rings. The molecule has 0 unspecified atom stereocenters. The van der Waals surface area contributed by atoms with E-state index in [1.807, 2.05) is 0 Å². The van der Waals surface area contributed by atoms with Gasteiger partial charge in [-0.2, -0.15) is 0 Å². The van der Waals surface area contributed by atoms with Crippen molar-refractivity contribution in [2.24, 2.45) is 0 Å². The van der Waals surface area contributed by atoms with Gasteiger partial charge in [-0.3, -0.25) is 0 Å². The second kappa shape index (κ2) is 19.4. The molecule has 0 aliphatic heterocycles. The Hall–Kier alpha value is -8.72. The molecule has 2 heteroatoms.